The lowest BCUT2D eigenvalue weighted by Crippen LogP contribution is -2.31. The van der Waals surface area contributed by atoms with Crippen molar-refractivity contribution in [3.05, 3.63) is 69.1 Å². The van der Waals surface area contributed by atoms with Crippen LogP contribution in [0.25, 0.3) is 0 Å². The number of hydrogen-bond donors (Lipinski definition) is 2. The molecule has 2 N–H and O–H groups in total. The van der Waals surface area contributed by atoms with Gasteiger partial charge in [-0.15, -0.1) is 0 Å². The van der Waals surface area contributed by atoms with Crippen LogP contribution in [-0.4, -0.2) is 30.0 Å². The minimum absolute atomic E-state index is 0.140. The maximum absolute atomic E-state index is 11.7. The first kappa shape index (κ1) is 16.8. The lowest BCUT2D eigenvalue weighted by Gasteiger charge is -2.06. The van der Waals surface area contributed by atoms with Gasteiger partial charge in [0.25, 0.3) is 11.5 Å². The maximum atomic E-state index is 11.7. The second-order valence-corrected chi connectivity index (χ2v) is 5.16. The Labute approximate surface area is 137 Å². The molecule has 6 nitrogen and oxygen atoms in total. The molecule has 23 heavy (non-hydrogen) atoms. The third-order valence-electron chi connectivity index (χ3n) is 3.00. The van der Waals surface area contributed by atoms with E-state index < -0.39 is 24.0 Å². The Bertz CT molecular complexity index is 757. The molecule has 0 aliphatic carbocycles. The van der Waals surface area contributed by atoms with Crippen LogP contribution in [0.3, 0.4) is 0 Å². The van der Waals surface area contributed by atoms with E-state index in [0.717, 1.165) is 5.56 Å². The Morgan fingerprint density at radius 1 is 1.22 bits per heavy atom. The van der Waals surface area contributed by atoms with Crippen LogP contribution >= 0.6 is 11.6 Å². The van der Waals surface area contributed by atoms with Crippen molar-refractivity contribution in [1.82, 2.24) is 10.3 Å². The van der Waals surface area contributed by atoms with E-state index in [9.17, 15) is 14.4 Å². The zero-order chi connectivity index (χ0) is 16.7. The summed E-state index contributed by atoms with van der Waals surface area (Å²) in [6.45, 7) is -0.0502. The zero-order valence-electron chi connectivity index (χ0n) is 12.2. The largest absolute Gasteiger partial charge is 0.452 e. The highest BCUT2D eigenvalue weighted by Gasteiger charge is 2.13. The summed E-state index contributed by atoms with van der Waals surface area (Å²) in [4.78, 5) is 37.0. The van der Waals surface area contributed by atoms with Gasteiger partial charge < -0.3 is 15.0 Å². The number of carbonyl (C=O) groups excluding carboxylic acids is 2. The number of carbonyl (C=O) groups is 2. The van der Waals surface area contributed by atoms with Gasteiger partial charge in [-0.2, -0.15) is 0 Å². The van der Waals surface area contributed by atoms with Crippen molar-refractivity contribution in [2.24, 2.45) is 0 Å². The number of benzene rings is 1. The number of hydrogen-bond acceptors (Lipinski definition) is 4. The van der Waals surface area contributed by atoms with Crippen molar-refractivity contribution in [3.63, 3.8) is 0 Å². The zero-order valence-corrected chi connectivity index (χ0v) is 12.9. The Morgan fingerprint density at radius 2 is 2.04 bits per heavy atom. The predicted octanol–water partition coefficient (Wildman–Crippen LogP) is 1.54. The van der Waals surface area contributed by atoms with Gasteiger partial charge in [0.05, 0.1) is 0 Å². The minimum atomic E-state index is -0.836. The molecule has 0 aliphatic heterocycles. The molecule has 0 aliphatic rings. The lowest BCUT2D eigenvalue weighted by atomic mass is 10.1. The standard InChI is InChI=1S/C16H15ClN2O4/c17-12-4-1-3-11(9-12)6-8-18-14(20)10-23-16(22)13-5-2-7-19-15(13)21/h1-5,7,9H,6,8,10H2,(H,18,20)(H,19,21). The summed E-state index contributed by atoms with van der Waals surface area (Å²) in [6, 6.07) is 10.2. The van der Waals surface area contributed by atoms with E-state index in [0.29, 0.717) is 18.0 Å². The second kappa shape index (κ2) is 8.14. The summed E-state index contributed by atoms with van der Waals surface area (Å²) < 4.78 is 4.80. The normalized spacial score (nSPS) is 10.1. The highest BCUT2D eigenvalue weighted by atomic mass is 35.5. The van der Waals surface area contributed by atoms with Crippen molar-refractivity contribution in [1.29, 1.82) is 0 Å². The monoisotopic (exact) mass is 334 g/mol. The molecule has 0 spiro atoms. The molecule has 0 fully saturated rings. The van der Waals surface area contributed by atoms with Gasteiger partial charge in [-0.3, -0.25) is 9.59 Å². The van der Waals surface area contributed by atoms with Crippen LogP contribution in [0.4, 0.5) is 0 Å². The van der Waals surface area contributed by atoms with Crippen molar-refractivity contribution in [3.8, 4) is 0 Å². The van der Waals surface area contributed by atoms with Gasteiger partial charge in [0.15, 0.2) is 6.61 Å². The number of rotatable bonds is 6. The van der Waals surface area contributed by atoms with Gasteiger partial charge in [0.1, 0.15) is 5.56 Å². The summed E-state index contributed by atoms with van der Waals surface area (Å²) in [7, 11) is 0. The molecule has 0 saturated heterocycles. The van der Waals surface area contributed by atoms with E-state index >= 15 is 0 Å². The van der Waals surface area contributed by atoms with Crippen LogP contribution in [0.15, 0.2) is 47.4 Å². The minimum Gasteiger partial charge on any atom is -0.452 e. The molecule has 2 rings (SSSR count). The first-order valence-corrected chi connectivity index (χ1v) is 7.30. The smallest absolute Gasteiger partial charge is 0.344 e. The third-order valence-corrected chi connectivity index (χ3v) is 3.23. The number of nitrogens with one attached hydrogen (secondary N) is 2. The van der Waals surface area contributed by atoms with E-state index in [1.54, 1.807) is 6.07 Å². The first-order chi connectivity index (χ1) is 11.1. The Hall–Kier alpha value is -2.60. The molecule has 0 radical (unpaired) electrons. The maximum Gasteiger partial charge on any atom is 0.344 e. The van der Waals surface area contributed by atoms with Gasteiger partial charge in [-0.05, 0) is 36.2 Å². The Kier molecular flexibility index (Phi) is 5.94. The topological polar surface area (TPSA) is 88.3 Å². The van der Waals surface area contributed by atoms with Crippen LogP contribution in [-0.2, 0) is 16.0 Å². The summed E-state index contributed by atoms with van der Waals surface area (Å²) in [5.41, 5.74) is 0.295. The molecule has 1 heterocycles. The van der Waals surface area contributed by atoms with Gasteiger partial charge in [-0.25, -0.2) is 4.79 Å². The van der Waals surface area contributed by atoms with E-state index in [-0.39, 0.29) is 5.56 Å². The van der Waals surface area contributed by atoms with Gasteiger partial charge >= 0.3 is 5.97 Å². The molecule has 120 valence electrons. The number of halogens is 1. The van der Waals surface area contributed by atoms with E-state index in [1.807, 2.05) is 18.2 Å². The predicted molar refractivity (Wildman–Crippen MR) is 85.5 cm³/mol. The molecule has 0 unspecified atom stereocenters. The number of aromatic amines is 1. The summed E-state index contributed by atoms with van der Waals surface area (Å²) >= 11 is 5.87. The molecule has 7 heteroatoms. The number of pyridine rings is 1. The number of amides is 1. The third kappa shape index (κ3) is 5.27. The van der Waals surface area contributed by atoms with Gasteiger partial charge in [0.2, 0.25) is 0 Å². The number of esters is 1. The quantitative estimate of drug-likeness (QED) is 0.784. The molecular weight excluding hydrogens is 320 g/mol. The van der Waals surface area contributed by atoms with Crippen molar-refractivity contribution in [2.75, 3.05) is 13.2 Å². The molecule has 1 aromatic carbocycles. The molecule has 0 bridgehead atoms. The second-order valence-electron chi connectivity index (χ2n) is 4.72. The fourth-order valence-electron chi connectivity index (χ4n) is 1.88. The summed E-state index contributed by atoms with van der Waals surface area (Å²) in [5, 5.41) is 3.26. The SMILES string of the molecule is O=C(COC(=O)c1ccc[nH]c1=O)NCCc1cccc(Cl)c1. The van der Waals surface area contributed by atoms with Crippen LogP contribution in [0, 0.1) is 0 Å². The van der Waals surface area contributed by atoms with Crippen molar-refractivity contribution < 1.29 is 14.3 Å². The van der Waals surface area contributed by atoms with E-state index in [1.165, 1.54) is 18.3 Å². The Balaban J connectivity index is 1.74. The van der Waals surface area contributed by atoms with Crippen LogP contribution in [0.1, 0.15) is 15.9 Å². The molecule has 0 atom stereocenters. The molecule has 1 aromatic heterocycles. The highest BCUT2D eigenvalue weighted by Crippen LogP contribution is 2.10. The fraction of sp³-hybridized carbons (Fsp3) is 0.188. The van der Waals surface area contributed by atoms with Crippen molar-refractivity contribution >= 4 is 23.5 Å². The van der Waals surface area contributed by atoms with Crippen LogP contribution in [0.5, 0.6) is 0 Å². The molecule has 2 aromatic rings. The van der Waals surface area contributed by atoms with Crippen LogP contribution in [0.2, 0.25) is 5.02 Å². The molecule has 0 saturated carbocycles. The molecule has 1 amide bonds. The average Bonchev–Trinajstić information content (AvgIpc) is 2.53. The number of H-pyrrole nitrogens is 1. The summed E-state index contributed by atoms with van der Waals surface area (Å²) in [5.74, 6) is -1.27. The molecular formula is C16H15ClN2O4. The number of ether oxygens (including phenoxy) is 1. The fourth-order valence-corrected chi connectivity index (χ4v) is 2.09. The lowest BCUT2D eigenvalue weighted by molar-refractivity contribution is -0.124. The van der Waals surface area contributed by atoms with Gasteiger partial charge in [0, 0.05) is 17.8 Å². The Morgan fingerprint density at radius 3 is 2.78 bits per heavy atom. The number of aromatic nitrogens is 1. The average molecular weight is 335 g/mol. The van der Waals surface area contributed by atoms with Crippen molar-refractivity contribution in [2.45, 2.75) is 6.42 Å². The van der Waals surface area contributed by atoms with Gasteiger partial charge in [-0.1, -0.05) is 23.7 Å². The van der Waals surface area contributed by atoms with E-state index in [4.69, 9.17) is 16.3 Å². The first-order valence-electron chi connectivity index (χ1n) is 6.92. The van der Waals surface area contributed by atoms with E-state index in [2.05, 4.69) is 10.3 Å². The van der Waals surface area contributed by atoms with Crippen LogP contribution < -0.4 is 10.9 Å². The highest BCUT2D eigenvalue weighted by molar-refractivity contribution is 6.30. The summed E-state index contributed by atoms with van der Waals surface area (Å²) in [6.07, 6.45) is 2.01.